The van der Waals surface area contributed by atoms with Crippen LogP contribution in [-0.4, -0.2) is 29.6 Å². The molecule has 6 nitrogen and oxygen atoms in total. The van der Waals surface area contributed by atoms with Crippen molar-refractivity contribution in [3.8, 4) is 5.75 Å². The van der Waals surface area contributed by atoms with Crippen LogP contribution in [0.25, 0.3) is 5.65 Å². The van der Waals surface area contributed by atoms with Crippen molar-refractivity contribution in [2.45, 2.75) is 25.7 Å². The zero-order valence-electron chi connectivity index (χ0n) is 15.4. The second-order valence-electron chi connectivity index (χ2n) is 6.73. The first kappa shape index (κ1) is 17.8. The van der Waals surface area contributed by atoms with E-state index in [-0.39, 0.29) is 12.4 Å². The van der Waals surface area contributed by atoms with Crippen molar-refractivity contribution in [2.24, 2.45) is 0 Å². The number of carbonyl (C=O) groups excluding carboxylic acids is 1. The molecular formula is C20H23N3O3. The molecule has 0 atom stereocenters. The number of carbonyl (C=O) groups is 1. The van der Waals surface area contributed by atoms with Gasteiger partial charge in [0.05, 0.1) is 26.3 Å². The van der Waals surface area contributed by atoms with Crippen molar-refractivity contribution in [2.75, 3.05) is 19.5 Å². The predicted octanol–water partition coefficient (Wildman–Crippen LogP) is 3.93. The largest absolute Gasteiger partial charge is 0.497 e. The number of anilines is 2. The van der Waals surface area contributed by atoms with E-state index in [4.69, 9.17) is 14.5 Å². The molecule has 1 N–H and O–H groups in total. The number of ether oxygens (including phenoxy) is 2. The van der Waals surface area contributed by atoms with Gasteiger partial charge in [-0.05, 0) is 36.4 Å². The molecule has 0 aliphatic rings. The lowest BCUT2D eigenvalue weighted by Gasteiger charge is -2.23. The summed E-state index contributed by atoms with van der Waals surface area (Å²) >= 11 is 0. The van der Waals surface area contributed by atoms with E-state index >= 15 is 0 Å². The molecule has 0 fully saturated rings. The third-order valence-electron chi connectivity index (χ3n) is 4.34. The monoisotopic (exact) mass is 353 g/mol. The molecule has 3 rings (SSSR count). The highest BCUT2D eigenvalue weighted by Gasteiger charge is 2.31. The topological polar surface area (TPSA) is 64.9 Å². The fourth-order valence-corrected chi connectivity index (χ4v) is 2.91. The highest BCUT2D eigenvalue weighted by molar-refractivity contribution is 5.73. The van der Waals surface area contributed by atoms with Gasteiger partial charge in [0.25, 0.3) is 0 Å². The number of rotatable bonds is 6. The quantitative estimate of drug-likeness (QED) is 0.680. The van der Waals surface area contributed by atoms with Crippen LogP contribution in [0.1, 0.15) is 26.0 Å². The number of hydrogen-bond acceptors (Lipinski definition) is 5. The predicted molar refractivity (Wildman–Crippen MR) is 101 cm³/mol. The van der Waals surface area contributed by atoms with Crippen LogP contribution in [-0.2, 0) is 14.9 Å². The van der Waals surface area contributed by atoms with Crippen LogP contribution in [0.15, 0.2) is 48.7 Å². The van der Waals surface area contributed by atoms with E-state index in [9.17, 15) is 4.79 Å². The third-order valence-corrected chi connectivity index (χ3v) is 4.34. The highest BCUT2D eigenvalue weighted by atomic mass is 16.5. The van der Waals surface area contributed by atoms with Crippen molar-refractivity contribution < 1.29 is 14.3 Å². The Bertz CT molecular complexity index is 914. The Hall–Kier alpha value is -3.02. The molecule has 26 heavy (non-hydrogen) atoms. The molecular weight excluding hydrogens is 330 g/mol. The molecule has 2 heterocycles. The summed E-state index contributed by atoms with van der Waals surface area (Å²) < 4.78 is 12.1. The van der Waals surface area contributed by atoms with Gasteiger partial charge in [0.2, 0.25) is 0 Å². The van der Waals surface area contributed by atoms with Crippen LogP contribution in [0.5, 0.6) is 5.75 Å². The molecule has 0 amide bonds. The smallest absolute Gasteiger partial charge is 0.306 e. The SMILES string of the molecule is COC(=O)CC(C)(C)c1nc2ccccn2c1Nc1ccc(OC)cc1. The molecule has 0 aliphatic heterocycles. The Morgan fingerprint density at radius 3 is 2.54 bits per heavy atom. The number of aromatic nitrogens is 2. The van der Waals surface area contributed by atoms with Gasteiger partial charge in [-0.15, -0.1) is 0 Å². The summed E-state index contributed by atoms with van der Waals surface area (Å²) in [4.78, 5) is 16.6. The van der Waals surface area contributed by atoms with Crippen LogP contribution in [0, 0.1) is 0 Å². The molecule has 0 saturated heterocycles. The van der Waals surface area contributed by atoms with Crippen molar-refractivity contribution in [1.29, 1.82) is 0 Å². The fourth-order valence-electron chi connectivity index (χ4n) is 2.91. The van der Waals surface area contributed by atoms with Crippen LogP contribution < -0.4 is 10.1 Å². The van der Waals surface area contributed by atoms with Gasteiger partial charge in [-0.1, -0.05) is 19.9 Å². The maximum absolute atomic E-state index is 11.9. The van der Waals surface area contributed by atoms with Crippen molar-refractivity contribution in [3.63, 3.8) is 0 Å². The summed E-state index contributed by atoms with van der Waals surface area (Å²) in [6, 6.07) is 13.5. The number of methoxy groups -OCH3 is 2. The van der Waals surface area contributed by atoms with E-state index in [1.807, 2.05) is 66.9 Å². The van der Waals surface area contributed by atoms with Gasteiger partial charge < -0.3 is 14.8 Å². The highest BCUT2D eigenvalue weighted by Crippen LogP contribution is 2.35. The first-order valence-electron chi connectivity index (χ1n) is 8.40. The van der Waals surface area contributed by atoms with Crippen molar-refractivity contribution in [3.05, 3.63) is 54.4 Å². The maximum atomic E-state index is 11.9. The van der Waals surface area contributed by atoms with E-state index < -0.39 is 5.41 Å². The molecule has 0 bridgehead atoms. The van der Waals surface area contributed by atoms with Gasteiger partial charge in [-0.25, -0.2) is 4.98 Å². The van der Waals surface area contributed by atoms with Crippen molar-refractivity contribution >= 4 is 23.1 Å². The Kier molecular flexibility index (Phi) is 4.84. The minimum atomic E-state index is -0.492. The van der Waals surface area contributed by atoms with Crippen LogP contribution in [0.2, 0.25) is 0 Å². The molecule has 0 aliphatic carbocycles. The summed E-state index contributed by atoms with van der Waals surface area (Å²) in [7, 11) is 3.04. The lowest BCUT2D eigenvalue weighted by molar-refractivity contribution is -0.141. The van der Waals surface area contributed by atoms with Gasteiger partial charge in [0, 0.05) is 17.3 Å². The van der Waals surface area contributed by atoms with Gasteiger partial charge in [0.1, 0.15) is 17.2 Å². The lowest BCUT2D eigenvalue weighted by Crippen LogP contribution is -2.24. The van der Waals surface area contributed by atoms with Crippen LogP contribution >= 0.6 is 0 Å². The molecule has 0 saturated carbocycles. The number of pyridine rings is 1. The number of nitrogens with one attached hydrogen (secondary N) is 1. The zero-order chi connectivity index (χ0) is 18.7. The van der Waals surface area contributed by atoms with E-state index in [2.05, 4.69) is 5.32 Å². The molecule has 1 aromatic carbocycles. The van der Waals surface area contributed by atoms with Gasteiger partial charge in [-0.2, -0.15) is 0 Å². The Labute approximate surface area is 152 Å². The van der Waals surface area contributed by atoms with E-state index in [1.165, 1.54) is 7.11 Å². The van der Waals surface area contributed by atoms with Crippen LogP contribution in [0.4, 0.5) is 11.5 Å². The first-order valence-corrected chi connectivity index (χ1v) is 8.40. The van der Waals surface area contributed by atoms with Crippen molar-refractivity contribution in [1.82, 2.24) is 9.38 Å². The normalized spacial score (nSPS) is 11.4. The summed E-state index contributed by atoms with van der Waals surface area (Å²) in [5.41, 5.74) is 2.04. The number of benzene rings is 1. The molecule has 136 valence electrons. The van der Waals surface area contributed by atoms with Crippen LogP contribution in [0.3, 0.4) is 0 Å². The standard InChI is InChI=1S/C20H23N3O3/c1-20(2,13-17(24)26-4)18-19(23-12-6-5-7-16(23)22-18)21-14-8-10-15(25-3)11-9-14/h5-12,21H,13H2,1-4H3. The lowest BCUT2D eigenvalue weighted by atomic mass is 9.85. The molecule has 0 spiro atoms. The fraction of sp³-hybridized carbons (Fsp3) is 0.300. The summed E-state index contributed by atoms with van der Waals surface area (Å²) in [5.74, 6) is 1.36. The average molecular weight is 353 g/mol. The summed E-state index contributed by atoms with van der Waals surface area (Å²) in [6.07, 6.45) is 2.19. The number of imidazole rings is 1. The van der Waals surface area contributed by atoms with E-state index in [0.29, 0.717) is 0 Å². The Morgan fingerprint density at radius 2 is 1.88 bits per heavy atom. The van der Waals surface area contributed by atoms with E-state index in [0.717, 1.165) is 28.6 Å². The summed E-state index contributed by atoms with van der Waals surface area (Å²) in [5, 5.41) is 3.44. The zero-order valence-corrected chi connectivity index (χ0v) is 15.4. The Balaban J connectivity index is 2.05. The first-order chi connectivity index (χ1) is 12.4. The minimum absolute atomic E-state index is 0.241. The number of hydrogen-bond donors (Lipinski definition) is 1. The molecule has 3 aromatic rings. The Morgan fingerprint density at radius 1 is 1.15 bits per heavy atom. The summed E-state index contributed by atoms with van der Waals surface area (Å²) in [6.45, 7) is 3.98. The molecule has 2 aromatic heterocycles. The average Bonchev–Trinajstić information content (AvgIpc) is 3.01. The number of esters is 1. The van der Waals surface area contributed by atoms with Gasteiger partial charge in [-0.3, -0.25) is 9.20 Å². The molecule has 0 unspecified atom stereocenters. The second kappa shape index (κ2) is 7.07. The van der Waals surface area contributed by atoms with Gasteiger partial charge in [0.15, 0.2) is 0 Å². The second-order valence-corrected chi connectivity index (χ2v) is 6.73. The number of fused-ring (bicyclic) bond motifs is 1. The molecule has 0 radical (unpaired) electrons. The number of nitrogens with zero attached hydrogens (tertiary/aromatic N) is 2. The van der Waals surface area contributed by atoms with Gasteiger partial charge >= 0.3 is 5.97 Å². The minimum Gasteiger partial charge on any atom is -0.497 e. The maximum Gasteiger partial charge on any atom is 0.306 e. The van der Waals surface area contributed by atoms with E-state index in [1.54, 1.807) is 7.11 Å². The third kappa shape index (κ3) is 3.49. The molecule has 6 heteroatoms.